The van der Waals surface area contributed by atoms with E-state index in [4.69, 9.17) is 14.6 Å². The Hall–Kier alpha value is -2.76. The number of pyridine rings is 1. The molecule has 0 amide bonds. The summed E-state index contributed by atoms with van der Waals surface area (Å²) in [6, 6.07) is 8.58. The van der Waals surface area contributed by atoms with Crippen molar-refractivity contribution < 1.29 is 19.4 Å². The van der Waals surface area contributed by atoms with Crippen molar-refractivity contribution in [3.63, 3.8) is 0 Å². The highest BCUT2D eigenvalue weighted by Crippen LogP contribution is 2.35. The number of carboxylic acids is 1. The third-order valence-electron chi connectivity index (χ3n) is 3.63. The zero-order valence-electron chi connectivity index (χ0n) is 13.6. The number of benzene rings is 1. The summed E-state index contributed by atoms with van der Waals surface area (Å²) >= 11 is 0. The minimum atomic E-state index is -1.05. The third-order valence-corrected chi connectivity index (χ3v) is 3.63. The number of ether oxygens (including phenoxy) is 2. The van der Waals surface area contributed by atoms with Gasteiger partial charge in [-0.15, -0.1) is 0 Å². The van der Waals surface area contributed by atoms with Crippen molar-refractivity contribution in [2.75, 3.05) is 19.5 Å². The van der Waals surface area contributed by atoms with Crippen LogP contribution in [0.15, 0.2) is 30.3 Å². The Morgan fingerprint density at radius 2 is 1.96 bits per heavy atom. The molecule has 1 atom stereocenters. The molecule has 2 N–H and O–H groups in total. The Labute approximate surface area is 135 Å². The normalized spacial score (nSPS) is 11.7. The van der Waals surface area contributed by atoms with Crippen LogP contribution >= 0.6 is 0 Å². The first-order valence-electron chi connectivity index (χ1n) is 7.16. The molecule has 0 aliphatic carbocycles. The zero-order chi connectivity index (χ0) is 17.0. The Morgan fingerprint density at radius 3 is 2.57 bits per heavy atom. The summed E-state index contributed by atoms with van der Waals surface area (Å²) < 4.78 is 10.7. The van der Waals surface area contributed by atoms with Crippen molar-refractivity contribution in [1.82, 2.24) is 4.98 Å². The molecule has 0 aliphatic rings. The van der Waals surface area contributed by atoms with E-state index in [0.717, 1.165) is 11.1 Å². The van der Waals surface area contributed by atoms with Gasteiger partial charge in [0, 0.05) is 5.56 Å². The Morgan fingerprint density at radius 1 is 1.22 bits per heavy atom. The molecule has 122 valence electrons. The highest BCUT2D eigenvalue weighted by molar-refractivity contribution is 5.85. The fourth-order valence-electron chi connectivity index (χ4n) is 2.50. The number of aromatic carboxylic acids is 1. The molecule has 0 saturated heterocycles. The molecular formula is C17H20N2O4. The quantitative estimate of drug-likeness (QED) is 0.851. The van der Waals surface area contributed by atoms with Gasteiger partial charge in [-0.25, -0.2) is 9.78 Å². The predicted octanol–water partition coefficient (Wildman–Crippen LogP) is 3.28. The van der Waals surface area contributed by atoms with Crippen LogP contribution in [0.5, 0.6) is 11.5 Å². The van der Waals surface area contributed by atoms with Gasteiger partial charge in [0.1, 0.15) is 5.82 Å². The van der Waals surface area contributed by atoms with E-state index in [0.29, 0.717) is 17.3 Å². The minimum absolute atomic E-state index is 0.00577. The van der Waals surface area contributed by atoms with Gasteiger partial charge in [-0.1, -0.05) is 12.1 Å². The molecule has 2 rings (SSSR count). The molecule has 0 spiro atoms. The van der Waals surface area contributed by atoms with Crippen LogP contribution in [-0.4, -0.2) is 30.3 Å². The van der Waals surface area contributed by atoms with E-state index in [-0.39, 0.29) is 11.7 Å². The first kappa shape index (κ1) is 16.6. The maximum atomic E-state index is 11.0. The van der Waals surface area contributed by atoms with Gasteiger partial charge < -0.3 is 19.9 Å². The fraction of sp³-hybridized carbons (Fsp3) is 0.294. The molecule has 0 radical (unpaired) electrons. The molecule has 23 heavy (non-hydrogen) atoms. The number of carbonyl (C=O) groups is 1. The Balaban J connectivity index is 2.29. The number of carboxylic acid groups (broad SMARTS) is 1. The summed E-state index contributed by atoms with van der Waals surface area (Å²) in [6.45, 7) is 3.93. The van der Waals surface area contributed by atoms with Crippen LogP contribution in [0, 0.1) is 6.92 Å². The highest BCUT2D eigenvalue weighted by Gasteiger charge is 2.16. The molecule has 0 saturated carbocycles. The van der Waals surface area contributed by atoms with Gasteiger partial charge in [0.25, 0.3) is 0 Å². The van der Waals surface area contributed by atoms with Gasteiger partial charge in [0.05, 0.1) is 20.3 Å². The van der Waals surface area contributed by atoms with Crippen LogP contribution < -0.4 is 14.8 Å². The molecule has 2 aromatic rings. The minimum Gasteiger partial charge on any atom is -0.493 e. The zero-order valence-corrected chi connectivity index (χ0v) is 13.6. The lowest BCUT2D eigenvalue weighted by atomic mass is 10.0. The standard InChI is InChI=1S/C17H20N2O4/c1-10-12(8-9-14(22-3)16(10)23-4)11(2)18-15-7-5-6-13(19-15)17(20)21/h5-9,11H,1-4H3,(H,18,19)(H,20,21). The van der Waals surface area contributed by atoms with E-state index in [2.05, 4.69) is 10.3 Å². The summed E-state index contributed by atoms with van der Waals surface area (Å²) in [5.41, 5.74) is 1.98. The second kappa shape index (κ2) is 7.00. The molecule has 0 fully saturated rings. The smallest absolute Gasteiger partial charge is 0.354 e. The van der Waals surface area contributed by atoms with E-state index in [1.807, 2.05) is 26.0 Å². The van der Waals surface area contributed by atoms with E-state index < -0.39 is 5.97 Å². The number of hydrogen-bond acceptors (Lipinski definition) is 5. The number of nitrogens with one attached hydrogen (secondary N) is 1. The molecular weight excluding hydrogens is 296 g/mol. The molecule has 1 aromatic carbocycles. The molecule has 1 heterocycles. The van der Waals surface area contributed by atoms with Gasteiger partial charge >= 0.3 is 5.97 Å². The van der Waals surface area contributed by atoms with Crippen LogP contribution in [0.1, 0.15) is 34.6 Å². The summed E-state index contributed by atoms with van der Waals surface area (Å²) in [4.78, 5) is 15.1. The van der Waals surface area contributed by atoms with Crippen molar-refractivity contribution in [2.24, 2.45) is 0 Å². The highest BCUT2D eigenvalue weighted by atomic mass is 16.5. The Bertz CT molecular complexity index is 716. The van der Waals surface area contributed by atoms with E-state index >= 15 is 0 Å². The lowest BCUT2D eigenvalue weighted by Crippen LogP contribution is -2.11. The number of rotatable bonds is 6. The van der Waals surface area contributed by atoms with Crippen LogP contribution in [0.2, 0.25) is 0 Å². The van der Waals surface area contributed by atoms with Gasteiger partial charge in [-0.3, -0.25) is 0 Å². The van der Waals surface area contributed by atoms with Crippen molar-refractivity contribution >= 4 is 11.8 Å². The molecule has 6 heteroatoms. The molecule has 1 unspecified atom stereocenters. The largest absolute Gasteiger partial charge is 0.493 e. The summed E-state index contributed by atoms with van der Waals surface area (Å²) in [6.07, 6.45) is 0. The number of anilines is 1. The average Bonchev–Trinajstić information content (AvgIpc) is 2.54. The maximum absolute atomic E-state index is 11.0. The molecule has 1 aromatic heterocycles. The van der Waals surface area contributed by atoms with Crippen LogP contribution in [0.3, 0.4) is 0 Å². The molecule has 0 bridgehead atoms. The molecule has 6 nitrogen and oxygen atoms in total. The third kappa shape index (κ3) is 3.53. The second-order valence-electron chi connectivity index (χ2n) is 5.09. The number of aromatic nitrogens is 1. The van der Waals surface area contributed by atoms with Crippen molar-refractivity contribution in [2.45, 2.75) is 19.9 Å². The number of nitrogens with zero attached hydrogens (tertiary/aromatic N) is 1. The van der Waals surface area contributed by atoms with Crippen molar-refractivity contribution in [3.8, 4) is 11.5 Å². The van der Waals surface area contributed by atoms with Gasteiger partial charge in [0.2, 0.25) is 0 Å². The SMILES string of the molecule is COc1ccc(C(C)Nc2cccc(C(=O)O)n2)c(C)c1OC. The first-order valence-corrected chi connectivity index (χ1v) is 7.16. The predicted molar refractivity (Wildman–Crippen MR) is 87.5 cm³/mol. The summed E-state index contributed by atoms with van der Waals surface area (Å²) in [7, 11) is 3.20. The van der Waals surface area contributed by atoms with Crippen LogP contribution in [0.25, 0.3) is 0 Å². The van der Waals surface area contributed by atoms with E-state index in [1.54, 1.807) is 26.4 Å². The first-order chi connectivity index (χ1) is 11.0. The average molecular weight is 316 g/mol. The van der Waals surface area contributed by atoms with Crippen molar-refractivity contribution in [1.29, 1.82) is 0 Å². The molecule has 0 aliphatic heterocycles. The lowest BCUT2D eigenvalue weighted by molar-refractivity contribution is 0.0690. The lowest BCUT2D eigenvalue weighted by Gasteiger charge is -2.20. The summed E-state index contributed by atoms with van der Waals surface area (Å²) in [5.74, 6) is 0.813. The van der Waals surface area contributed by atoms with Crippen LogP contribution in [0.4, 0.5) is 5.82 Å². The van der Waals surface area contributed by atoms with Crippen LogP contribution in [-0.2, 0) is 0 Å². The second-order valence-corrected chi connectivity index (χ2v) is 5.09. The van der Waals surface area contributed by atoms with Gasteiger partial charge in [-0.2, -0.15) is 0 Å². The maximum Gasteiger partial charge on any atom is 0.354 e. The van der Waals surface area contributed by atoms with Gasteiger partial charge in [-0.05, 0) is 37.6 Å². The van der Waals surface area contributed by atoms with Crippen molar-refractivity contribution in [3.05, 3.63) is 47.2 Å². The van der Waals surface area contributed by atoms with E-state index in [9.17, 15) is 4.79 Å². The topological polar surface area (TPSA) is 80.7 Å². The Kier molecular flexibility index (Phi) is 5.05. The number of methoxy groups -OCH3 is 2. The fourth-order valence-corrected chi connectivity index (χ4v) is 2.50. The summed E-state index contributed by atoms with van der Waals surface area (Å²) in [5, 5.41) is 12.2. The van der Waals surface area contributed by atoms with E-state index in [1.165, 1.54) is 6.07 Å². The number of hydrogen-bond donors (Lipinski definition) is 2. The van der Waals surface area contributed by atoms with Gasteiger partial charge in [0.15, 0.2) is 17.2 Å². The monoisotopic (exact) mass is 316 g/mol.